The number of hydrogen-bond acceptors (Lipinski definition) is 4. The molecular weight excluding hydrogens is 473 g/mol. The molecule has 0 spiro atoms. The molecule has 1 atom stereocenters. The van der Waals surface area contributed by atoms with Crippen molar-refractivity contribution >= 4 is 45.4 Å². The minimum absolute atomic E-state index is 0.0124. The van der Waals surface area contributed by atoms with Crippen LogP contribution in [-0.2, 0) is 24.2 Å². The molecule has 4 nitrogen and oxygen atoms in total. The van der Waals surface area contributed by atoms with Crippen molar-refractivity contribution < 1.29 is 4.79 Å². The van der Waals surface area contributed by atoms with Crippen LogP contribution in [0.15, 0.2) is 18.2 Å². The Morgan fingerprint density at radius 2 is 2.03 bits per heavy atom. The normalized spacial score (nSPS) is 17.8. The number of nitrogens with one attached hydrogen (secondary N) is 1. The van der Waals surface area contributed by atoms with Crippen molar-refractivity contribution in [3.05, 3.63) is 49.8 Å². The topological polar surface area (TPSA) is 56.1 Å². The highest BCUT2D eigenvalue weighted by atomic mass is 35.5. The number of anilines is 1. The average molecular weight is 505 g/mol. The monoisotopic (exact) mass is 503 g/mol. The van der Waals surface area contributed by atoms with Gasteiger partial charge in [0.05, 0.1) is 5.56 Å². The van der Waals surface area contributed by atoms with Gasteiger partial charge in [-0.3, -0.25) is 9.69 Å². The first kappa shape index (κ1) is 24.5. The Morgan fingerprint density at radius 1 is 1.27 bits per heavy atom. The van der Waals surface area contributed by atoms with Gasteiger partial charge in [-0.25, -0.2) is 0 Å². The summed E-state index contributed by atoms with van der Waals surface area (Å²) in [5.74, 6) is 0.784. The Kier molecular flexibility index (Phi) is 8.02. The molecule has 1 unspecified atom stereocenters. The van der Waals surface area contributed by atoms with E-state index in [1.807, 2.05) is 32.0 Å². The number of carbonyl (C=O) groups is 1. The molecule has 1 heterocycles. The Balaban J connectivity index is 1.54. The smallest absolute Gasteiger partial charge is 0.228 e. The number of benzene rings is 1. The van der Waals surface area contributed by atoms with Crippen LogP contribution in [0.4, 0.5) is 5.00 Å². The zero-order valence-electron chi connectivity index (χ0n) is 19.3. The van der Waals surface area contributed by atoms with E-state index in [0.29, 0.717) is 21.7 Å². The molecule has 33 heavy (non-hydrogen) atoms. The molecule has 1 aromatic heterocycles. The van der Waals surface area contributed by atoms with Crippen molar-refractivity contribution in [1.82, 2.24) is 4.90 Å². The molecule has 0 radical (unpaired) electrons. The van der Waals surface area contributed by atoms with Gasteiger partial charge < -0.3 is 5.32 Å². The lowest BCUT2D eigenvalue weighted by Gasteiger charge is -2.34. The molecule has 1 saturated carbocycles. The fourth-order valence-corrected chi connectivity index (χ4v) is 6.54. The molecule has 7 heteroatoms. The lowest BCUT2D eigenvalue weighted by Crippen LogP contribution is -2.40. The van der Waals surface area contributed by atoms with E-state index in [1.165, 1.54) is 17.7 Å². The zero-order chi connectivity index (χ0) is 23.5. The van der Waals surface area contributed by atoms with Gasteiger partial charge in [-0.05, 0) is 74.1 Å². The van der Waals surface area contributed by atoms with Gasteiger partial charge in [-0.2, -0.15) is 5.26 Å². The number of hydrogen-bond donors (Lipinski definition) is 1. The number of carbonyl (C=O) groups excluding carboxylic acids is 1. The van der Waals surface area contributed by atoms with E-state index in [0.717, 1.165) is 67.2 Å². The third-order valence-corrected chi connectivity index (χ3v) is 8.80. The quantitative estimate of drug-likeness (QED) is 0.397. The van der Waals surface area contributed by atoms with Crippen LogP contribution < -0.4 is 5.32 Å². The predicted octanol–water partition coefficient (Wildman–Crippen LogP) is 7.07. The van der Waals surface area contributed by atoms with E-state index < -0.39 is 0 Å². The van der Waals surface area contributed by atoms with E-state index in [9.17, 15) is 10.1 Å². The Morgan fingerprint density at radius 3 is 2.67 bits per heavy atom. The number of rotatable bonds is 9. The molecule has 0 saturated heterocycles. The zero-order valence-corrected chi connectivity index (χ0v) is 21.6. The predicted molar refractivity (Wildman–Crippen MR) is 137 cm³/mol. The van der Waals surface area contributed by atoms with Crippen LogP contribution in [0.1, 0.15) is 67.5 Å². The fraction of sp³-hybridized carbons (Fsp3) is 0.538. The van der Waals surface area contributed by atoms with Gasteiger partial charge in [0.25, 0.3) is 0 Å². The fourth-order valence-electron chi connectivity index (χ4n) is 4.80. The molecule has 0 aliphatic heterocycles. The Labute approximate surface area is 210 Å². The van der Waals surface area contributed by atoms with Crippen molar-refractivity contribution in [2.45, 2.75) is 71.4 Å². The molecule has 1 amide bonds. The number of amides is 1. The summed E-state index contributed by atoms with van der Waals surface area (Å²) in [6, 6.07) is 8.53. The second kappa shape index (κ2) is 10.8. The highest BCUT2D eigenvalue weighted by molar-refractivity contribution is 7.16. The third-order valence-electron chi connectivity index (χ3n) is 7.04. The van der Waals surface area contributed by atoms with Gasteiger partial charge in [0.1, 0.15) is 11.1 Å². The average Bonchev–Trinajstić information content (AvgIpc) is 3.54. The van der Waals surface area contributed by atoms with Crippen LogP contribution in [-0.4, -0.2) is 23.4 Å². The largest absolute Gasteiger partial charge is 0.316 e. The summed E-state index contributed by atoms with van der Waals surface area (Å²) in [4.78, 5) is 16.5. The number of halogens is 2. The third kappa shape index (κ3) is 5.74. The van der Waals surface area contributed by atoms with Gasteiger partial charge in [0, 0.05) is 40.0 Å². The first-order chi connectivity index (χ1) is 15.9. The first-order valence-electron chi connectivity index (χ1n) is 12.0. The van der Waals surface area contributed by atoms with Crippen LogP contribution in [0, 0.1) is 23.2 Å². The van der Waals surface area contributed by atoms with E-state index in [2.05, 4.69) is 16.3 Å². The van der Waals surface area contributed by atoms with Crippen molar-refractivity contribution in [3.8, 4) is 6.07 Å². The highest BCUT2D eigenvalue weighted by Crippen LogP contribution is 2.40. The van der Waals surface area contributed by atoms with Crippen molar-refractivity contribution in [1.29, 1.82) is 5.26 Å². The minimum Gasteiger partial charge on any atom is -0.316 e. The lowest BCUT2D eigenvalue weighted by molar-refractivity contribution is -0.120. The number of fused-ring (bicyclic) bond motifs is 1. The lowest BCUT2D eigenvalue weighted by atomic mass is 9.90. The highest BCUT2D eigenvalue weighted by Gasteiger charge is 2.33. The van der Waals surface area contributed by atoms with Crippen LogP contribution in [0.3, 0.4) is 0 Å². The maximum atomic E-state index is 12.7. The summed E-state index contributed by atoms with van der Waals surface area (Å²) < 4.78 is 0. The van der Waals surface area contributed by atoms with Crippen LogP contribution in [0.25, 0.3) is 0 Å². The molecule has 2 aliphatic rings. The van der Waals surface area contributed by atoms with E-state index in [1.54, 1.807) is 11.3 Å². The van der Waals surface area contributed by atoms with Gasteiger partial charge in [-0.1, -0.05) is 43.1 Å². The van der Waals surface area contributed by atoms with E-state index in [4.69, 9.17) is 23.2 Å². The second-order valence-electron chi connectivity index (χ2n) is 9.33. The summed E-state index contributed by atoms with van der Waals surface area (Å²) in [5.41, 5.74) is 2.91. The molecule has 2 aliphatic carbocycles. The van der Waals surface area contributed by atoms with E-state index >= 15 is 0 Å². The summed E-state index contributed by atoms with van der Waals surface area (Å²) in [7, 11) is 0. The van der Waals surface area contributed by atoms with Crippen molar-refractivity contribution in [3.63, 3.8) is 0 Å². The SMILES string of the molecule is CCC(CC)C(=O)Nc1sc2c(c1C#N)CCC(N(Cc1ccc(Cl)cc1Cl)CC1CC1)C2. The molecule has 2 aromatic rings. The maximum Gasteiger partial charge on any atom is 0.228 e. The molecular formula is C26H31Cl2N3OS. The second-order valence-corrected chi connectivity index (χ2v) is 11.3. The summed E-state index contributed by atoms with van der Waals surface area (Å²) in [6.07, 6.45) is 7.00. The van der Waals surface area contributed by atoms with Crippen LogP contribution in [0.2, 0.25) is 10.0 Å². The summed E-state index contributed by atoms with van der Waals surface area (Å²) in [6.45, 7) is 5.95. The summed E-state index contributed by atoms with van der Waals surface area (Å²) >= 11 is 14.2. The Hall–Kier alpha value is -1.58. The number of nitriles is 1. The van der Waals surface area contributed by atoms with Crippen molar-refractivity contribution in [2.75, 3.05) is 11.9 Å². The molecule has 1 N–H and O–H groups in total. The van der Waals surface area contributed by atoms with Crippen molar-refractivity contribution in [2.24, 2.45) is 11.8 Å². The van der Waals surface area contributed by atoms with Crippen LogP contribution >= 0.6 is 34.5 Å². The maximum absolute atomic E-state index is 12.7. The van der Waals surface area contributed by atoms with Gasteiger partial charge in [0.15, 0.2) is 0 Å². The van der Waals surface area contributed by atoms with Gasteiger partial charge in [-0.15, -0.1) is 11.3 Å². The number of thiophene rings is 1. The van der Waals surface area contributed by atoms with Gasteiger partial charge in [0.2, 0.25) is 5.91 Å². The molecule has 1 fully saturated rings. The Bertz CT molecular complexity index is 1050. The molecule has 0 bridgehead atoms. The minimum atomic E-state index is -0.0124. The van der Waals surface area contributed by atoms with Crippen LogP contribution in [0.5, 0.6) is 0 Å². The molecule has 1 aromatic carbocycles. The summed E-state index contributed by atoms with van der Waals surface area (Å²) in [5, 5.41) is 15.0. The molecule has 4 rings (SSSR count). The first-order valence-corrected chi connectivity index (χ1v) is 13.5. The number of nitrogens with zero attached hydrogens (tertiary/aromatic N) is 2. The molecule has 176 valence electrons. The van der Waals surface area contributed by atoms with E-state index in [-0.39, 0.29) is 11.8 Å². The standard InChI is InChI=1S/C26H31Cl2N3OS/c1-3-17(4-2)25(32)30-26-22(13-29)21-10-9-20(12-24(21)33-26)31(14-16-5-6-16)15-18-7-8-19(27)11-23(18)28/h7-8,11,16-17,20H,3-6,9-10,12,14-15H2,1-2H3,(H,30,32). The van der Waals surface area contributed by atoms with Gasteiger partial charge >= 0.3 is 0 Å².